The van der Waals surface area contributed by atoms with Gasteiger partial charge in [-0.05, 0) is 46.3 Å². The van der Waals surface area contributed by atoms with E-state index in [0.717, 1.165) is 0 Å². The predicted molar refractivity (Wildman–Crippen MR) is 60.9 cm³/mol. The maximum atomic E-state index is 11.0. The van der Waals surface area contributed by atoms with E-state index in [9.17, 15) is 4.79 Å². The zero-order chi connectivity index (χ0) is 10.0. The molecule has 0 aromatic heterocycles. The van der Waals surface area contributed by atoms with Crippen molar-refractivity contribution in [3.05, 3.63) is 26.3 Å². The van der Waals surface area contributed by atoms with E-state index in [-0.39, 0.29) is 5.02 Å². The van der Waals surface area contributed by atoms with Gasteiger partial charge in [-0.1, -0.05) is 11.6 Å². The Labute approximate surface area is 99.3 Å². The number of benzene rings is 1. The standard InChI is InChI=1S/C8H5Cl2IO2/c1-13-5-3-2-4(11)6(7(5)9)8(10)12/h2-3H,1H3. The molecule has 1 aromatic carbocycles. The van der Waals surface area contributed by atoms with Crippen LogP contribution in [0, 0.1) is 3.57 Å². The van der Waals surface area contributed by atoms with E-state index in [2.05, 4.69) is 0 Å². The van der Waals surface area contributed by atoms with Gasteiger partial charge in [-0.15, -0.1) is 0 Å². The number of carbonyl (C=O) groups is 1. The molecule has 0 unspecified atom stereocenters. The Morgan fingerprint density at radius 1 is 1.54 bits per heavy atom. The summed E-state index contributed by atoms with van der Waals surface area (Å²) in [5.41, 5.74) is 0.295. The van der Waals surface area contributed by atoms with Crippen LogP contribution in [0.25, 0.3) is 0 Å². The van der Waals surface area contributed by atoms with Crippen LogP contribution in [0.2, 0.25) is 5.02 Å². The summed E-state index contributed by atoms with van der Waals surface area (Å²) in [5, 5.41) is -0.317. The fourth-order valence-corrected chi connectivity index (χ4v) is 2.46. The normalized spacial score (nSPS) is 9.85. The molecular weight excluding hydrogens is 326 g/mol. The van der Waals surface area contributed by atoms with E-state index in [1.807, 2.05) is 22.6 Å². The summed E-state index contributed by atoms with van der Waals surface area (Å²) in [6.45, 7) is 0. The minimum Gasteiger partial charge on any atom is -0.495 e. The van der Waals surface area contributed by atoms with E-state index in [0.29, 0.717) is 14.9 Å². The smallest absolute Gasteiger partial charge is 0.255 e. The molecule has 5 heteroatoms. The van der Waals surface area contributed by atoms with Crippen molar-refractivity contribution >= 4 is 51.0 Å². The van der Waals surface area contributed by atoms with Crippen LogP contribution >= 0.6 is 45.8 Å². The van der Waals surface area contributed by atoms with E-state index < -0.39 is 5.24 Å². The molecule has 0 spiro atoms. The van der Waals surface area contributed by atoms with Crippen LogP contribution in [0.1, 0.15) is 10.4 Å². The lowest BCUT2D eigenvalue weighted by Crippen LogP contribution is -1.97. The molecule has 1 rings (SSSR count). The maximum absolute atomic E-state index is 11.0. The van der Waals surface area contributed by atoms with Gasteiger partial charge < -0.3 is 4.74 Å². The van der Waals surface area contributed by atoms with Gasteiger partial charge >= 0.3 is 0 Å². The fourth-order valence-electron chi connectivity index (χ4n) is 0.871. The lowest BCUT2D eigenvalue weighted by atomic mass is 10.2. The summed E-state index contributed by atoms with van der Waals surface area (Å²) in [6, 6.07) is 3.41. The molecule has 0 aliphatic carbocycles. The lowest BCUT2D eigenvalue weighted by Gasteiger charge is -2.06. The van der Waals surface area contributed by atoms with Crippen LogP contribution in [0.4, 0.5) is 0 Å². The molecule has 0 fully saturated rings. The van der Waals surface area contributed by atoms with E-state index >= 15 is 0 Å². The molecule has 1 aromatic rings. The van der Waals surface area contributed by atoms with Crippen molar-refractivity contribution in [2.75, 3.05) is 7.11 Å². The molecule has 0 N–H and O–H groups in total. The van der Waals surface area contributed by atoms with Crippen molar-refractivity contribution in [2.45, 2.75) is 0 Å². The first-order chi connectivity index (χ1) is 6.07. The SMILES string of the molecule is COc1ccc(I)c(C(=O)Cl)c1Cl. The van der Waals surface area contributed by atoms with Crippen LogP contribution in [0.5, 0.6) is 5.75 Å². The third kappa shape index (κ3) is 2.27. The Hall–Kier alpha value is -0.000000000000000167. The number of hydrogen-bond acceptors (Lipinski definition) is 2. The number of carbonyl (C=O) groups excluding carboxylic acids is 1. The lowest BCUT2D eigenvalue weighted by molar-refractivity contribution is 0.108. The van der Waals surface area contributed by atoms with Crippen LogP contribution in [-0.2, 0) is 0 Å². The zero-order valence-corrected chi connectivity index (χ0v) is 10.3. The molecule has 13 heavy (non-hydrogen) atoms. The molecule has 0 atom stereocenters. The predicted octanol–water partition coefficient (Wildman–Crippen LogP) is 3.33. The van der Waals surface area contributed by atoms with Gasteiger partial charge in [0.2, 0.25) is 0 Å². The highest BCUT2D eigenvalue weighted by Gasteiger charge is 2.15. The Morgan fingerprint density at radius 2 is 2.15 bits per heavy atom. The molecule has 0 heterocycles. The largest absolute Gasteiger partial charge is 0.495 e. The fraction of sp³-hybridized carbons (Fsp3) is 0.125. The molecule has 0 aliphatic heterocycles. The topological polar surface area (TPSA) is 26.3 Å². The Balaban J connectivity index is 3.38. The van der Waals surface area contributed by atoms with Crippen molar-refractivity contribution in [3.63, 3.8) is 0 Å². The van der Waals surface area contributed by atoms with Crippen molar-refractivity contribution in [3.8, 4) is 5.75 Å². The van der Waals surface area contributed by atoms with Crippen LogP contribution in [-0.4, -0.2) is 12.4 Å². The van der Waals surface area contributed by atoms with Gasteiger partial charge in [0.05, 0.1) is 17.7 Å². The van der Waals surface area contributed by atoms with Crippen molar-refractivity contribution in [1.82, 2.24) is 0 Å². The van der Waals surface area contributed by atoms with Crippen LogP contribution in [0.3, 0.4) is 0 Å². The number of ether oxygens (including phenoxy) is 1. The van der Waals surface area contributed by atoms with Crippen molar-refractivity contribution in [2.24, 2.45) is 0 Å². The first-order valence-corrected chi connectivity index (χ1v) is 5.13. The van der Waals surface area contributed by atoms with Gasteiger partial charge in [0.1, 0.15) is 5.75 Å². The number of halogens is 3. The Kier molecular flexibility index (Phi) is 3.82. The average Bonchev–Trinajstić information content (AvgIpc) is 2.04. The minimum atomic E-state index is -0.576. The summed E-state index contributed by atoms with van der Waals surface area (Å²) < 4.78 is 5.66. The molecule has 0 amide bonds. The second kappa shape index (κ2) is 4.48. The van der Waals surface area contributed by atoms with Gasteiger partial charge in [-0.25, -0.2) is 0 Å². The molecular formula is C8H5Cl2IO2. The molecule has 0 saturated carbocycles. The van der Waals surface area contributed by atoms with E-state index in [4.69, 9.17) is 27.9 Å². The summed E-state index contributed by atoms with van der Waals surface area (Å²) in [7, 11) is 1.48. The average molecular weight is 331 g/mol. The van der Waals surface area contributed by atoms with E-state index in [1.165, 1.54) is 7.11 Å². The Bertz CT molecular complexity index is 352. The number of rotatable bonds is 2. The minimum absolute atomic E-state index is 0.259. The highest BCUT2D eigenvalue weighted by molar-refractivity contribution is 14.1. The molecule has 0 saturated heterocycles. The third-order valence-electron chi connectivity index (χ3n) is 1.47. The monoisotopic (exact) mass is 330 g/mol. The summed E-state index contributed by atoms with van der Waals surface area (Å²) in [4.78, 5) is 11.0. The molecule has 70 valence electrons. The van der Waals surface area contributed by atoms with Gasteiger partial charge in [-0.2, -0.15) is 0 Å². The number of methoxy groups -OCH3 is 1. The summed E-state index contributed by atoms with van der Waals surface area (Å²) in [6.07, 6.45) is 0. The molecule has 0 radical (unpaired) electrons. The van der Waals surface area contributed by atoms with Gasteiger partial charge in [-0.3, -0.25) is 4.79 Å². The highest BCUT2D eigenvalue weighted by Crippen LogP contribution is 2.32. The van der Waals surface area contributed by atoms with Crippen LogP contribution in [0.15, 0.2) is 12.1 Å². The number of hydrogen-bond donors (Lipinski definition) is 0. The van der Waals surface area contributed by atoms with Gasteiger partial charge in [0.25, 0.3) is 5.24 Å². The summed E-state index contributed by atoms with van der Waals surface area (Å²) in [5.74, 6) is 0.450. The zero-order valence-electron chi connectivity index (χ0n) is 6.61. The second-order valence-electron chi connectivity index (χ2n) is 2.21. The molecule has 0 aliphatic rings. The van der Waals surface area contributed by atoms with Crippen molar-refractivity contribution < 1.29 is 9.53 Å². The first-order valence-electron chi connectivity index (χ1n) is 3.29. The van der Waals surface area contributed by atoms with Gasteiger partial charge in [0, 0.05) is 3.57 Å². The first kappa shape index (κ1) is 11.1. The van der Waals surface area contributed by atoms with Gasteiger partial charge in [0.15, 0.2) is 0 Å². The second-order valence-corrected chi connectivity index (χ2v) is 4.10. The van der Waals surface area contributed by atoms with Crippen LogP contribution < -0.4 is 4.74 Å². The quantitative estimate of drug-likeness (QED) is 0.614. The Morgan fingerprint density at radius 3 is 2.62 bits per heavy atom. The maximum Gasteiger partial charge on any atom is 0.255 e. The third-order valence-corrected chi connectivity index (χ3v) is 2.94. The summed E-state index contributed by atoms with van der Waals surface area (Å²) >= 11 is 13.2. The van der Waals surface area contributed by atoms with Crippen molar-refractivity contribution in [1.29, 1.82) is 0 Å². The molecule has 2 nitrogen and oxygen atoms in total. The van der Waals surface area contributed by atoms with E-state index in [1.54, 1.807) is 12.1 Å². The molecule has 0 bridgehead atoms. The highest BCUT2D eigenvalue weighted by atomic mass is 127.